The zero-order valence-corrected chi connectivity index (χ0v) is 19.4. The minimum absolute atomic E-state index is 0.0255. The number of nitrogens with one attached hydrogen (secondary N) is 4. The number of aliphatic hydroxyl groups excluding tert-OH is 1. The standard InChI is InChI=1S/C23H32N4O8/c1-13(28)19(27-20(31)15-8-5-11-24-15)22(33)25-16(9-10-18(29)30)21(32)26-17(23(34)35)12-14-6-3-2-4-7-14/h2-4,6-7,13,15-17,19,24,28H,5,8-12H2,1H3,(H,25,33)(H,26,32)(H,27,31)(H,29,30)(H,34,35)/t13-,15+,16+,17+,19+/m1/s1. The maximum absolute atomic E-state index is 12.9. The molecule has 0 bridgehead atoms. The van der Waals surface area contributed by atoms with E-state index < -0.39 is 66.4 Å². The van der Waals surface area contributed by atoms with Gasteiger partial charge in [0.05, 0.1) is 12.1 Å². The van der Waals surface area contributed by atoms with Gasteiger partial charge in [0.25, 0.3) is 0 Å². The molecule has 1 aliphatic rings. The molecule has 1 aliphatic heterocycles. The topological polar surface area (TPSA) is 194 Å². The number of carbonyl (C=O) groups excluding carboxylic acids is 3. The van der Waals surface area contributed by atoms with E-state index in [9.17, 15) is 34.2 Å². The van der Waals surface area contributed by atoms with Gasteiger partial charge in [-0.2, -0.15) is 0 Å². The minimum Gasteiger partial charge on any atom is -0.481 e. The van der Waals surface area contributed by atoms with Crippen LogP contribution in [0.3, 0.4) is 0 Å². The quantitative estimate of drug-likeness (QED) is 0.176. The van der Waals surface area contributed by atoms with Crippen molar-refractivity contribution in [3.05, 3.63) is 35.9 Å². The third-order valence-electron chi connectivity index (χ3n) is 5.62. The second-order valence-electron chi connectivity index (χ2n) is 8.46. The van der Waals surface area contributed by atoms with Crippen LogP contribution in [-0.2, 0) is 30.4 Å². The summed E-state index contributed by atoms with van der Waals surface area (Å²) in [6.45, 7) is 1.94. The number of amides is 3. The van der Waals surface area contributed by atoms with E-state index in [0.29, 0.717) is 18.5 Å². The number of carboxylic acid groups (broad SMARTS) is 2. The molecule has 5 atom stereocenters. The first-order chi connectivity index (χ1) is 16.6. The predicted molar refractivity (Wildman–Crippen MR) is 123 cm³/mol. The van der Waals surface area contributed by atoms with Gasteiger partial charge in [0, 0.05) is 12.8 Å². The van der Waals surface area contributed by atoms with Gasteiger partial charge < -0.3 is 36.6 Å². The van der Waals surface area contributed by atoms with E-state index in [1.54, 1.807) is 30.3 Å². The zero-order chi connectivity index (χ0) is 26.0. The van der Waals surface area contributed by atoms with Crippen LogP contribution in [0.1, 0.15) is 38.2 Å². The van der Waals surface area contributed by atoms with Crippen LogP contribution in [0.2, 0.25) is 0 Å². The number of benzene rings is 1. The maximum atomic E-state index is 12.9. The van der Waals surface area contributed by atoms with Crippen LogP contribution in [0.4, 0.5) is 0 Å². The van der Waals surface area contributed by atoms with Gasteiger partial charge in [-0.1, -0.05) is 30.3 Å². The Kier molecular flexibility index (Phi) is 10.6. The summed E-state index contributed by atoms with van der Waals surface area (Å²) in [4.78, 5) is 60.9. The molecule has 0 saturated carbocycles. The fraction of sp³-hybridized carbons (Fsp3) is 0.522. The van der Waals surface area contributed by atoms with E-state index in [1.807, 2.05) is 0 Å². The summed E-state index contributed by atoms with van der Waals surface area (Å²) in [5.41, 5.74) is 0.656. The summed E-state index contributed by atoms with van der Waals surface area (Å²) in [6.07, 6.45) is -0.784. The van der Waals surface area contributed by atoms with Crippen molar-refractivity contribution in [1.29, 1.82) is 0 Å². The largest absolute Gasteiger partial charge is 0.481 e. The molecule has 35 heavy (non-hydrogen) atoms. The monoisotopic (exact) mass is 492 g/mol. The van der Waals surface area contributed by atoms with Gasteiger partial charge in [-0.05, 0) is 38.3 Å². The number of rotatable bonds is 13. The lowest BCUT2D eigenvalue weighted by Gasteiger charge is -2.26. The molecule has 192 valence electrons. The van der Waals surface area contributed by atoms with Crippen LogP contribution in [0.5, 0.6) is 0 Å². The van der Waals surface area contributed by atoms with Gasteiger partial charge in [0.1, 0.15) is 18.1 Å². The summed E-state index contributed by atoms with van der Waals surface area (Å²) in [6, 6.07) is 3.95. The van der Waals surface area contributed by atoms with Crippen LogP contribution in [0.25, 0.3) is 0 Å². The van der Waals surface area contributed by atoms with Crippen LogP contribution in [0.15, 0.2) is 30.3 Å². The first-order valence-electron chi connectivity index (χ1n) is 11.4. The number of hydrogen-bond donors (Lipinski definition) is 7. The Bertz CT molecular complexity index is 902. The van der Waals surface area contributed by atoms with Crippen molar-refractivity contribution in [2.45, 2.75) is 69.3 Å². The summed E-state index contributed by atoms with van der Waals surface area (Å²) in [5.74, 6) is -4.79. The van der Waals surface area contributed by atoms with Gasteiger partial charge in [-0.15, -0.1) is 0 Å². The van der Waals surface area contributed by atoms with Crippen molar-refractivity contribution in [3.8, 4) is 0 Å². The van der Waals surface area contributed by atoms with E-state index in [4.69, 9.17) is 5.11 Å². The number of carbonyl (C=O) groups is 5. The van der Waals surface area contributed by atoms with Crippen LogP contribution in [-0.4, -0.2) is 81.8 Å². The highest BCUT2D eigenvalue weighted by atomic mass is 16.4. The van der Waals surface area contributed by atoms with Crippen molar-refractivity contribution in [2.24, 2.45) is 0 Å². The molecule has 1 aromatic carbocycles. The van der Waals surface area contributed by atoms with Crippen LogP contribution < -0.4 is 21.3 Å². The molecule has 1 aromatic rings. The average molecular weight is 493 g/mol. The Morgan fingerprint density at radius 1 is 1.00 bits per heavy atom. The van der Waals surface area contributed by atoms with Crippen LogP contribution >= 0.6 is 0 Å². The molecule has 0 radical (unpaired) electrons. The first-order valence-corrected chi connectivity index (χ1v) is 11.4. The highest BCUT2D eigenvalue weighted by molar-refractivity contribution is 5.94. The summed E-state index contributed by atoms with van der Waals surface area (Å²) < 4.78 is 0. The fourth-order valence-corrected chi connectivity index (χ4v) is 3.69. The number of hydrogen-bond acceptors (Lipinski definition) is 7. The van der Waals surface area contributed by atoms with Crippen LogP contribution in [0, 0.1) is 0 Å². The number of carboxylic acids is 2. The SMILES string of the molecule is C[C@@H](O)[C@H](NC(=O)[C@@H]1CCCN1)C(=O)N[C@@H](CCC(=O)O)C(=O)N[C@@H](Cc1ccccc1)C(=O)O. The molecule has 0 spiro atoms. The predicted octanol–water partition coefficient (Wildman–Crippen LogP) is -1.23. The van der Waals surface area contributed by atoms with Crippen molar-refractivity contribution in [2.75, 3.05) is 6.54 Å². The molecule has 0 unspecified atom stereocenters. The Morgan fingerprint density at radius 3 is 2.20 bits per heavy atom. The van der Waals surface area contributed by atoms with E-state index >= 15 is 0 Å². The zero-order valence-electron chi connectivity index (χ0n) is 19.4. The molecule has 1 heterocycles. The van der Waals surface area contributed by atoms with E-state index in [2.05, 4.69) is 21.3 Å². The summed E-state index contributed by atoms with van der Waals surface area (Å²) in [7, 11) is 0. The van der Waals surface area contributed by atoms with Crippen molar-refractivity contribution in [3.63, 3.8) is 0 Å². The molecule has 1 saturated heterocycles. The van der Waals surface area contributed by atoms with Crippen molar-refractivity contribution in [1.82, 2.24) is 21.3 Å². The fourth-order valence-electron chi connectivity index (χ4n) is 3.69. The van der Waals surface area contributed by atoms with Gasteiger partial charge in [0.15, 0.2) is 0 Å². The van der Waals surface area contributed by atoms with Crippen molar-refractivity contribution >= 4 is 29.7 Å². The number of aliphatic hydroxyl groups is 1. The normalized spacial score (nSPS) is 18.5. The minimum atomic E-state index is -1.40. The maximum Gasteiger partial charge on any atom is 0.326 e. The van der Waals surface area contributed by atoms with E-state index in [0.717, 1.165) is 6.42 Å². The molecule has 12 nitrogen and oxygen atoms in total. The Balaban J connectivity index is 2.11. The van der Waals surface area contributed by atoms with Gasteiger partial charge in [0.2, 0.25) is 17.7 Å². The average Bonchev–Trinajstić information content (AvgIpc) is 3.34. The van der Waals surface area contributed by atoms with Gasteiger partial charge >= 0.3 is 11.9 Å². The Hall–Kier alpha value is -3.51. The lowest BCUT2D eigenvalue weighted by Crippen LogP contribution is -2.59. The molecule has 0 aromatic heterocycles. The third-order valence-corrected chi connectivity index (χ3v) is 5.62. The number of aliphatic carboxylic acids is 2. The van der Waals surface area contributed by atoms with E-state index in [-0.39, 0.29) is 12.8 Å². The highest BCUT2D eigenvalue weighted by Crippen LogP contribution is 2.08. The Morgan fingerprint density at radius 2 is 1.66 bits per heavy atom. The van der Waals surface area contributed by atoms with E-state index in [1.165, 1.54) is 6.92 Å². The molecule has 1 fully saturated rings. The second-order valence-corrected chi connectivity index (χ2v) is 8.46. The van der Waals surface area contributed by atoms with Gasteiger partial charge in [-0.25, -0.2) is 4.79 Å². The first kappa shape index (κ1) is 27.7. The van der Waals surface area contributed by atoms with Gasteiger partial charge in [-0.3, -0.25) is 19.2 Å². The molecule has 2 rings (SSSR count). The lowest BCUT2D eigenvalue weighted by atomic mass is 10.0. The summed E-state index contributed by atoms with van der Waals surface area (Å²) in [5, 5.41) is 38.8. The molecular formula is C23H32N4O8. The van der Waals surface area contributed by atoms with Crippen molar-refractivity contribution < 1.29 is 39.3 Å². The molecule has 0 aliphatic carbocycles. The Labute approximate surface area is 202 Å². The molecular weight excluding hydrogens is 460 g/mol. The highest BCUT2D eigenvalue weighted by Gasteiger charge is 2.33. The second kappa shape index (κ2) is 13.4. The molecule has 3 amide bonds. The lowest BCUT2D eigenvalue weighted by molar-refractivity contribution is -0.143. The third kappa shape index (κ3) is 8.98. The summed E-state index contributed by atoms with van der Waals surface area (Å²) >= 11 is 0. The molecule has 7 N–H and O–H groups in total. The smallest absolute Gasteiger partial charge is 0.326 e. The molecule has 12 heteroatoms.